The van der Waals surface area contributed by atoms with Gasteiger partial charge in [0, 0.05) is 65.4 Å². The second-order valence-electron chi connectivity index (χ2n) is 27.4. The monoisotopic (exact) mass is 2020 g/mol. The molecule has 137 heavy (non-hydrogen) atoms. The maximum absolute atomic E-state index is 3.15. The summed E-state index contributed by atoms with van der Waals surface area (Å²) in [5.74, 6) is 0. The zero-order valence-corrected chi connectivity index (χ0v) is 102. The van der Waals surface area contributed by atoms with Crippen molar-refractivity contribution in [1.82, 2.24) is 29.4 Å². The Morgan fingerprint density at radius 1 is 0.161 bits per heavy atom. The first-order chi connectivity index (χ1) is 65.4. The van der Waals surface area contributed by atoms with E-state index < -0.39 is 0 Å². The van der Waals surface area contributed by atoms with Crippen LogP contribution < -0.4 is 0 Å². The summed E-state index contributed by atoms with van der Waals surface area (Å²) in [6, 6.07) is 114. The van der Waals surface area contributed by atoms with E-state index in [1.807, 2.05) is 291 Å². The minimum absolute atomic E-state index is 0. The molecule has 0 spiro atoms. The van der Waals surface area contributed by atoms with Gasteiger partial charge in [0.05, 0.1) is 0 Å². The fourth-order valence-electron chi connectivity index (χ4n) is 10.6. The van der Waals surface area contributed by atoms with Crippen molar-refractivity contribution < 1.29 is 65.4 Å². The van der Waals surface area contributed by atoms with Crippen molar-refractivity contribution in [3.63, 3.8) is 0 Å². The van der Waals surface area contributed by atoms with Gasteiger partial charge in [0.1, 0.15) is 0 Å². The van der Waals surface area contributed by atoms with Crippen molar-refractivity contribution in [1.29, 1.82) is 0 Å². The van der Waals surface area contributed by atoms with E-state index in [1.54, 1.807) is 0 Å². The van der Waals surface area contributed by atoms with Crippen LogP contribution in [-0.2, 0) is 91.1 Å². The Labute approximate surface area is 905 Å². The third kappa shape index (κ3) is 76.1. The third-order valence-corrected chi connectivity index (χ3v) is 18.0. The van der Waals surface area contributed by atoms with E-state index in [2.05, 4.69) is 374 Å². The molecule has 0 heterocycles. The average molecular weight is 2020 g/mol. The first kappa shape index (κ1) is 158. The second-order valence-corrected chi connectivity index (χ2v) is 27.4. The van der Waals surface area contributed by atoms with Crippen LogP contribution in [0, 0.1) is 24.3 Å². The topological polar surface area (TPSA) is 19.4 Å². The van der Waals surface area contributed by atoms with Crippen molar-refractivity contribution in [2.75, 3.05) is 124 Å². The molecule has 0 saturated carbocycles. The van der Waals surface area contributed by atoms with Crippen LogP contribution in [0.15, 0.2) is 291 Å². The third-order valence-electron chi connectivity index (χ3n) is 18.0. The Kier molecular flexibility index (Phi) is 137. The second kappa shape index (κ2) is 119. The molecule has 2 radical (unpaired) electrons. The average Bonchev–Trinajstić information content (AvgIpc) is 1.67. The van der Waals surface area contributed by atoms with Crippen LogP contribution in [-0.4, -0.2) is 153 Å². The van der Waals surface area contributed by atoms with Crippen molar-refractivity contribution in [2.45, 2.75) is 269 Å². The molecule has 0 unspecified atom stereocenters. The molecule has 0 aliphatic heterocycles. The zero-order valence-electron chi connectivity index (χ0n) is 96.6. The molecule has 0 saturated heterocycles. The van der Waals surface area contributed by atoms with Crippen molar-refractivity contribution >= 4 is 0 Å². The molecule has 0 fully saturated rings. The van der Waals surface area contributed by atoms with Crippen LogP contribution in [0.2, 0.25) is 0 Å². The Morgan fingerprint density at radius 3 is 0.328 bits per heavy atom. The predicted molar refractivity (Wildman–Crippen MR) is 629 cm³/mol. The van der Waals surface area contributed by atoms with E-state index in [4.69, 9.17) is 0 Å². The number of nitrogens with zero attached hydrogens (tertiary/aromatic N) is 6. The van der Waals surface area contributed by atoms with Gasteiger partial charge in [-0.3, -0.25) is 0 Å². The number of benzene rings is 12. The molecule has 0 N–H and O–H groups in total. The van der Waals surface area contributed by atoms with Crippen LogP contribution in [0.3, 0.4) is 0 Å². The molecule has 0 bridgehead atoms. The molecule has 16 rings (SSSR count). The number of rotatable bonds is 8. The summed E-state index contributed by atoms with van der Waals surface area (Å²) in [5.41, 5.74) is 27.4. The molecule has 4 aliphatic rings. The van der Waals surface area contributed by atoms with Gasteiger partial charge in [-0.1, -0.05) is 437 Å². The minimum Gasteiger partial charge on any atom is -0.310 e. The van der Waals surface area contributed by atoms with Crippen LogP contribution in [0.1, 0.15) is 287 Å². The van der Waals surface area contributed by atoms with E-state index in [0.717, 1.165) is 87.2 Å². The number of hydrogen-bond donors (Lipinski definition) is 0. The fourth-order valence-corrected chi connectivity index (χ4v) is 10.6. The van der Waals surface area contributed by atoms with Crippen molar-refractivity contribution in [2.24, 2.45) is 0 Å². The largest absolute Gasteiger partial charge is 0.310 e. The Morgan fingerprint density at radius 2 is 0.248 bits per heavy atom. The maximum Gasteiger partial charge on any atom is 0 e. The molecular weight excluding hydrogens is 1810 g/mol. The summed E-state index contributed by atoms with van der Waals surface area (Å²) in [7, 11) is 24.7. The van der Waals surface area contributed by atoms with E-state index >= 15 is 0 Å². The van der Waals surface area contributed by atoms with Gasteiger partial charge in [0.15, 0.2) is 0 Å². The summed E-state index contributed by atoms with van der Waals surface area (Å²) in [6.45, 7) is 75.6. The van der Waals surface area contributed by atoms with Gasteiger partial charge in [0.2, 0.25) is 0 Å². The summed E-state index contributed by atoms with van der Waals surface area (Å²) in [6.07, 6.45) is 4.41. The van der Waals surface area contributed by atoms with Crippen LogP contribution in [0.25, 0.3) is 66.8 Å². The minimum atomic E-state index is 0. The fraction of sp³-hybridized carbons (Fsp3) is 0.442. The van der Waals surface area contributed by atoms with Crippen LogP contribution >= 0.6 is 0 Å². The van der Waals surface area contributed by atoms with E-state index in [1.165, 1.54) is 89.0 Å². The Bertz CT molecular complexity index is 3550. The van der Waals surface area contributed by atoms with Crippen LogP contribution in [0.4, 0.5) is 0 Å². The van der Waals surface area contributed by atoms with Gasteiger partial charge in [-0.2, -0.15) is 97.1 Å². The van der Waals surface area contributed by atoms with Gasteiger partial charge in [-0.25, -0.2) is 22.3 Å². The number of fused-ring (bicyclic) bond motifs is 12. The SMILES string of the molecule is C.CC.CC.CC.CC.CC.CC.CC.CC.CC.CC.CC.CC.CC.CC.CCN(C)C.CCN(C)C.CCN(C)C.CCN(C)C.CCN(C)C.CCN(C)C.[Y].[Y].[c-]1ccccc1-c1[c-]cccc1.[c-]1ccccc1-c1[c-]cccc1.c1ccc2c(c1)Cc1ccccc1-2.c1ccc2c(c1)Cc1ccccc1-2.c1ccc2c(c1)Cc1ccccc1-2.c1ccc2c(c1)Cc1ccccc1-2. The quantitative estimate of drug-likeness (QED) is 0.140. The Balaban J connectivity index is -0.000000110. The summed E-state index contributed by atoms with van der Waals surface area (Å²) >= 11 is 0. The van der Waals surface area contributed by atoms with E-state index in [-0.39, 0.29) is 72.8 Å². The molecule has 8 heteroatoms. The smallest absolute Gasteiger partial charge is 0 e. The molecule has 0 aromatic heterocycles. The summed E-state index contributed by atoms with van der Waals surface area (Å²) in [5, 5.41) is 0. The molecule has 12 aromatic carbocycles. The van der Waals surface area contributed by atoms with Crippen LogP contribution in [0.5, 0.6) is 0 Å². The molecular formula is C129H210N6Y2-4. The molecule has 4 aliphatic carbocycles. The van der Waals surface area contributed by atoms with Gasteiger partial charge < -0.3 is 29.4 Å². The molecule has 0 atom stereocenters. The van der Waals surface area contributed by atoms with Crippen molar-refractivity contribution in [3.05, 3.63) is 360 Å². The molecule has 12 aromatic rings. The van der Waals surface area contributed by atoms with Gasteiger partial charge in [0.25, 0.3) is 0 Å². The van der Waals surface area contributed by atoms with E-state index in [0.29, 0.717) is 0 Å². The normalized spacial score (nSPS) is 9.08. The molecule has 0 amide bonds. The first-order valence-corrected chi connectivity index (χ1v) is 51.8. The summed E-state index contributed by atoms with van der Waals surface area (Å²) < 4.78 is 0. The Hall–Kier alpha value is -7.39. The first-order valence-electron chi connectivity index (χ1n) is 51.8. The molecule has 766 valence electrons. The summed E-state index contributed by atoms with van der Waals surface area (Å²) in [4.78, 5) is 12.8. The van der Waals surface area contributed by atoms with Gasteiger partial charge in [-0.05, 0) is 239 Å². The van der Waals surface area contributed by atoms with Gasteiger partial charge in [-0.15, -0.1) is 24.3 Å². The predicted octanol–water partition coefficient (Wildman–Crippen LogP) is 37.3. The standard InChI is InChI=1S/4C13H10.2C12H8.6C4H11N.14C2H6.CH4.2Y/c4*1-3-7-12-10(5-1)9-11-6-2-4-8-13(11)12;2*1-3-7-11(8-4-1)12-9-5-2-6-10-12;6*1-4-5(2)3;14*1-2;;;/h4*1-8H,9H2;2*1-7,9H;6*4H2,1-3H3;14*1-2H3;1H4;;/q;;;;2*-2;;;;;;;;;;;;;;;;;;;;;;;. The van der Waals surface area contributed by atoms with E-state index in [9.17, 15) is 0 Å². The van der Waals surface area contributed by atoms with Gasteiger partial charge >= 0.3 is 0 Å². The number of hydrogen-bond acceptors (Lipinski definition) is 6. The van der Waals surface area contributed by atoms with Crippen molar-refractivity contribution in [3.8, 4) is 66.8 Å². The molecule has 6 nitrogen and oxygen atoms in total. The maximum atomic E-state index is 3.15. The zero-order chi connectivity index (χ0) is 105.